The number of thiazole rings is 1. The second kappa shape index (κ2) is 12.7. The van der Waals surface area contributed by atoms with Crippen molar-refractivity contribution in [3.8, 4) is 0 Å². The first-order valence-corrected chi connectivity index (χ1v) is 11.5. The second-order valence-corrected chi connectivity index (χ2v) is 8.49. The fourth-order valence-electron chi connectivity index (χ4n) is 3.82. The second-order valence-electron chi connectivity index (χ2n) is 7.55. The van der Waals surface area contributed by atoms with E-state index in [0.717, 1.165) is 70.2 Å². The van der Waals surface area contributed by atoms with Crippen LogP contribution in [-0.2, 0) is 17.8 Å². The predicted octanol–water partition coefficient (Wildman–Crippen LogP) is 2.42. The molecule has 1 N–H and O–H groups in total. The topological polar surface area (TPSA) is 64.1 Å². The molecule has 7 nitrogen and oxygen atoms in total. The Morgan fingerprint density at radius 1 is 1.10 bits per heavy atom. The first kappa shape index (κ1) is 24.3. The van der Waals surface area contributed by atoms with Gasteiger partial charge in [-0.25, -0.2) is 4.98 Å². The molecular weight excluding hydrogens is 499 g/mol. The maximum Gasteiger partial charge on any atom is 0.236 e. The van der Waals surface area contributed by atoms with Crippen LogP contribution in [0.5, 0.6) is 0 Å². The summed E-state index contributed by atoms with van der Waals surface area (Å²) in [6.45, 7) is 8.85. The summed E-state index contributed by atoms with van der Waals surface area (Å²) in [7, 11) is 1.83. The minimum atomic E-state index is 0. The Labute approximate surface area is 196 Å². The molecule has 29 heavy (non-hydrogen) atoms. The number of aromatic nitrogens is 1. The van der Waals surface area contributed by atoms with E-state index in [2.05, 4.69) is 42.3 Å². The van der Waals surface area contributed by atoms with Crippen LogP contribution < -0.4 is 5.32 Å². The van der Waals surface area contributed by atoms with E-state index >= 15 is 0 Å². The van der Waals surface area contributed by atoms with Crippen molar-refractivity contribution >= 4 is 47.2 Å². The van der Waals surface area contributed by atoms with Crippen LogP contribution in [0.15, 0.2) is 10.4 Å². The summed E-state index contributed by atoms with van der Waals surface area (Å²) in [6.07, 6.45) is 5.81. The van der Waals surface area contributed by atoms with Gasteiger partial charge in [-0.3, -0.25) is 14.7 Å². The average molecular weight is 535 g/mol. The van der Waals surface area contributed by atoms with Crippen molar-refractivity contribution in [2.75, 3.05) is 52.9 Å². The average Bonchev–Trinajstić information content (AvgIpc) is 3.01. The summed E-state index contributed by atoms with van der Waals surface area (Å²) in [6, 6.07) is 0. The van der Waals surface area contributed by atoms with Gasteiger partial charge in [0.1, 0.15) is 0 Å². The van der Waals surface area contributed by atoms with Crippen molar-refractivity contribution in [3.63, 3.8) is 0 Å². The van der Waals surface area contributed by atoms with Crippen molar-refractivity contribution in [2.24, 2.45) is 4.99 Å². The van der Waals surface area contributed by atoms with Gasteiger partial charge in [0.05, 0.1) is 23.8 Å². The highest BCUT2D eigenvalue weighted by Crippen LogP contribution is 2.12. The van der Waals surface area contributed by atoms with E-state index in [9.17, 15) is 4.79 Å². The van der Waals surface area contributed by atoms with E-state index in [1.807, 2.05) is 7.05 Å². The van der Waals surface area contributed by atoms with Gasteiger partial charge in [-0.05, 0) is 19.3 Å². The third-order valence-electron chi connectivity index (χ3n) is 5.53. The number of likely N-dealkylation sites (tertiary alicyclic amines) is 1. The largest absolute Gasteiger partial charge is 0.351 e. The standard InChI is InChI=1S/C20H34N6OS.HI/c1-3-18-23-17(16-28-18)14-22-20(21-2)26-12-10-24(11-13-26)15-19(27)25-8-6-4-5-7-9-25;/h16H,3-15H2,1-2H3,(H,21,22);1H. The van der Waals surface area contributed by atoms with E-state index in [1.165, 1.54) is 17.8 Å². The van der Waals surface area contributed by atoms with Crippen molar-refractivity contribution in [2.45, 2.75) is 45.6 Å². The number of halogens is 1. The number of hydrogen-bond acceptors (Lipinski definition) is 5. The molecule has 0 spiro atoms. The molecular formula is C20H35IN6OS. The molecule has 0 radical (unpaired) electrons. The Balaban J connectivity index is 0.00000300. The third kappa shape index (κ3) is 7.36. The van der Waals surface area contributed by atoms with E-state index in [-0.39, 0.29) is 24.0 Å². The van der Waals surface area contributed by atoms with Gasteiger partial charge in [0.2, 0.25) is 5.91 Å². The molecule has 2 aliphatic rings. The van der Waals surface area contributed by atoms with Crippen molar-refractivity contribution in [1.29, 1.82) is 0 Å². The number of piperazine rings is 1. The lowest BCUT2D eigenvalue weighted by Gasteiger charge is -2.36. The number of guanidine groups is 1. The van der Waals surface area contributed by atoms with Crippen molar-refractivity contribution in [3.05, 3.63) is 16.1 Å². The molecule has 0 aromatic carbocycles. The van der Waals surface area contributed by atoms with Crippen LogP contribution in [0.1, 0.15) is 43.3 Å². The fourth-order valence-corrected chi connectivity index (χ4v) is 4.57. The molecule has 2 aliphatic heterocycles. The lowest BCUT2D eigenvalue weighted by atomic mass is 10.2. The highest BCUT2D eigenvalue weighted by molar-refractivity contribution is 14.0. The zero-order valence-electron chi connectivity index (χ0n) is 17.7. The van der Waals surface area contributed by atoms with Crippen molar-refractivity contribution in [1.82, 2.24) is 25.0 Å². The number of aliphatic imine (C=N–C) groups is 1. The number of aryl methyl sites for hydroxylation is 1. The molecule has 3 rings (SSSR count). The Morgan fingerprint density at radius 3 is 2.38 bits per heavy atom. The van der Waals surface area contributed by atoms with E-state index in [1.54, 1.807) is 11.3 Å². The number of hydrogen-bond donors (Lipinski definition) is 1. The van der Waals surface area contributed by atoms with Crippen LogP contribution in [0.3, 0.4) is 0 Å². The summed E-state index contributed by atoms with van der Waals surface area (Å²) in [4.78, 5) is 28.3. The molecule has 3 heterocycles. The smallest absolute Gasteiger partial charge is 0.236 e. The van der Waals surface area contributed by atoms with Gasteiger partial charge in [0, 0.05) is 51.7 Å². The quantitative estimate of drug-likeness (QED) is 0.357. The van der Waals surface area contributed by atoms with Gasteiger partial charge in [0.25, 0.3) is 0 Å². The maximum atomic E-state index is 12.6. The first-order valence-electron chi connectivity index (χ1n) is 10.6. The molecule has 1 aromatic heterocycles. The number of amides is 1. The van der Waals surface area contributed by atoms with E-state index in [0.29, 0.717) is 19.0 Å². The first-order chi connectivity index (χ1) is 13.7. The molecule has 2 fully saturated rings. The van der Waals surface area contributed by atoms with Gasteiger partial charge in [-0.15, -0.1) is 35.3 Å². The summed E-state index contributed by atoms with van der Waals surface area (Å²) in [5.41, 5.74) is 1.07. The van der Waals surface area contributed by atoms with E-state index in [4.69, 9.17) is 0 Å². The summed E-state index contributed by atoms with van der Waals surface area (Å²) >= 11 is 1.72. The Morgan fingerprint density at radius 2 is 1.79 bits per heavy atom. The molecule has 1 aromatic rings. The van der Waals surface area contributed by atoms with Crippen LogP contribution in [0.4, 0.5) is 0 Å². The summed E-state index contributed by atoms with van der Waals surface area (Å²) in [5, 5.41) is 6.73. The molecule has 2 saturated heterocycles. The van der Waals surface area contributed by atoms with Crippen LogP contribution in [0.25, 0.3) is 0 Å². The molecule has 9 heteroatoms. The van der Waals surface area contributed by atoms with Crippen molar-refractivity contribution < 1.29 is 4.79 Å². The summed E-state index contributed by atoms with van der Waals surface area (Å²) in [5.74, 6) is 1.22. The number of rotatable bonds is 5. The third-order valence-corrected chi connectivity index (χ3v) is 6.57. The SMILES string of the molecule is CCc1nc(CNC(=NC)N2CCN(CC(=O)N3CCCCCC3)CC2)cs1.I. The predicted molar refractivity (Wildman–Crippen MR) is 130 cm³/mol. The zero-order chi connectivity index (χ0) is 19.8. The van der Waals surface area contributed by atoms with Gasteiger partial charge in [-0.1, -0.05) is 19.8 Å². The minimum absolute atomic E-state index is 0. The van der Waals surface area contributed by atoms with Gasteiger partial charge < -0.3 is 15.1 Å². The molecule has 0 unspecified atom stereocenters. The Bertz CT molecular complexity index is 651. The normalized spacial score (nSPS) is 18.9. The minimum Gasteiger partial charge on any atom is -0.351 e. The van der Waals surface area contributed by atoms with Gasteiger partial charge >= 0.3 is 0 Å². The number of carbonyl (C=O) groups is 1. The number of nitrogens with zero attached hydrogens (tertiary/aromatic N) is 5. The highest BCUT2D eigenvalue weighted by atomic mass is 127. The molecule has 1 amide bonds. The summed E-state index contributed by atoms with van der Waals surface area (Å²) < 4.78 is 0. The number of nitrogens with one attached hydrogen (secondary N) is 1. The van der Waals surface area contributed by atoms with Crippen LogP contribution in [-0.4, -0.2) is 84.4 Å². The molecule has 0 saturated carbocycles. The fraction of sp³-hybridized carbons (Fsp3) is 0.750. The van der Waals surface area contributed by atoms with E-state index < -0.39 is 0 Å². The zero-order valence-corrected chi connectivity index (χ0v) is 20.9. The highest BCUT2D eigenvalue weighted by Gasteiger charge is 2.23. The van der Waals surface area contributed by atoms with Crippen LogP contribution in [0.2, 0.25) is 0 Å². The molecule has 164 valence electrons. The molecule has 0 atom stereocenters. The molecule has 0 aliphatic carbocycles. The molecule has 0 bridgehead atoms. The maximum absolute atomic E-state index is 12.6. The number of carbonyl (C=O) groups excluding carboxylic acids is 1. The van der Waals surface area contributed by atoms with Gasteiger partial charge in [-0.2, -0.15) is 0 Å². The Hall–Kier alpha value is -0.940. The lowest BCUT2D eigenvalue weighted by molar-refractivity contribution is -0.132. The lowest BCUT2D eigenvalue weighted by Crippen LogP contribution is -2.54. The Kier molecular flexibility index (Phi) is 10.6. The van der Waals surface area contributed by atoms with Gasteiger partial charge in [0.15, 0.2) is 5.96 Å². The van der Waals surface area contributed by atoms with Crippen LogP contribution >= 0.6 is 35.3 Å². The monoisotopic (exact) mass is 534 g/mol. The van der Waals surface area contributed by atoms with Crippen LogP contribution in [0, 0.1) is 0 Å².